The van der Waals surface area contributed by atoms with Crippen LogP contribution in [-0.4, -0.2) is 33.1 Å². The van der Waals surface area contributed by atoms with Crippen LogP contribution in [0.25, 0.3) is 0 Å². The van der Waals surface area contributed by atoms with E-state index in [0.717, 1.165) is 37.8 Å². The molecule has 1 aromatic rings. The molecular formula is C15H23ClN2O2. The first-order valence-electron chi connectivity index (χ1n) is 7.17. The van der Waals surface area contributed by atoms with Gasteiger partial charge in [-0.2, -0.15) is 0 Å². The molecule has 4 nitrogen and oxygen atoms in total. The summed E-state index contributed by atoms with van der Waals surface area (Å²) in [6.07, 6.45) is 6.71. The minimum atomic E-state index is -0.796. The maximum Gasteiger partial charge on any atom is 0.225 e. The number of aliphatic hydroxyl groups is 1. The average molecular weight is 299 g/mol. The molecule has 0 atom stereocenters. The minimum Gasteiger partial charge on any atom is -0.389 e. The Balaban J connectivity index is 1.93. The van der Waals surface area contributed by atoms with Crippen molar-refractivity contribution < 1.29 is 9.90 Å². The fourth-order valence-electron chi connectivity index (χ4n) is 2.86. The highest BCUT2D eigenvalue weighted by atomic mass is 35.5. The lowest BCUT2D eigenvalue weighted by atomic mass is 9.82. The molecule has 0 saturated heterocycles. The molecule has 1 aliphatic rings. The number of carbonyl (C=O) groups is 1. The first-order chi connectivity index (χ1) is 9.39. The number of nitrogens with zero attached hydrogens (tertiary/aromatic N) is 2. The zero-order chi connectivity index (χ0) is 14.8. The van der Waals surface area contributed by atoms with Crippen LogP contribution in [0.1, 0.15) is 44.2 Å². The maximum atomic E-state index is 12.3. The fraction of sp³-hybridized carbons (Fsp3) is 0.667. The topological polar surface area (TPSA) is 45.5 Å². The van der Waals surface area contributed by atoms with Gasteiger partial charge in [-0.15, -0.1) is 0 Å². The van der Waals surface area contributed by atoms with Crippen LogP contribution in [0, 0.1) is 0 Å². The summed E-state index contributed by atoms with van der Waals surface area (Å²) >= 11 is 5.94. The lowest BCUT2D eigenvalue weighted by Crippen LogP contribution is -2.39. The number of hydrogen-bond acceptors (Lipinski definition) is 2. The molecule has 0 spiro atoms. The molecule has 1 aromatic heterocycles. The molecule has 1 fully saturated rings. The van der Waals surface area contributed by atoms with Crippen molar-refractivity contribution in [2.24, 2.45) is 7.05 Å². The highest BCUT2D eigenvalue weighted by Gasteiger charge is 2.32. The first-order valence-corrected chi connectivity index (χ1v) is 7.54. The van der Waals surface area contributed by atoms with E-state index < -0.39 is 5.60 Å². The molecule has 1 heterocycles. The van der Waals surface area contributed by atoms with Crippen LogP contribution >= 0.6 is 11.6 Å². The predicted octanol–water partition coefficient (Wildman–Crippen LogP) is 2.72. The van der Waals surface area contributed by atoms with Crippen molar-refractivity contribution in [1.29, 1.82) is 0 Å². The summed E-state index contributed by atoms with van der Waals surface area (Å²) in [5.41, 5.74) is 0.191. The molecule has 0 aromatic carbocycles. The van der Waals surface area contributed by atoms with Gasteiger partial charge in [0, 0.05) is 26.0 Å². The Morgan fingerprint density at radius 2 is 2.10 bits per heavy atom. The van der Waals surface area contributed by atoms with Crippen LogP contribution in [0.3, 0.4) is 0 Å². The van der Waals surface area contributed by atoms with Crippen molar-refractivity contribution >= 4 is 17.5 Å². The Hall–Kier alpha value is -1.00. The lowest BCUT2D eigenvalue weighted by molar-refractivity contribution is -0.137. The maximum absolute atomic E-state index is 12.3. The van der Waals surface area contributed by atoms with Gasteiger partial charge in [-0.1, -0.05) is 30.9 Å². The van der Waals surface area contributed by atoms with Crippen LogP contribution in [0.15, 0.2) is 12.3 Å². The molecule has 5 heteroatoms. The standard InChI is InChI=1S/C15H23ClN2O2/c1-17-10-12(16)8-13(17)11-18(2)14(19)9-15(20)6-4-3-5-7-15/h8,10,20H,3-7,9,11H2,1-2H3. The molecule has 0 aliphatic heterocycles. The van der Waals surface area contributed by atoms with Gasteiger partial charge in [-0.25, -0.2) is 0 Å². The number of amides is 1. The third-order valence-electron chi connectivity index (χ3n) is 4.16. The Kier molecular flexibility index (Phi) is 4.76. The molecule has 20 heavy (non-hydrogen) atoms. The molecule has 0 bridgehead atoms. The normalized spacial score (nSPS) is 18.0. The molecular weight excluding hydrogens is 276 g/mol. The van der Waals surface area contributed by atoms with Gasteiger partial charge < -0.3 is 14.6 Å². The molecule has 0 radical (unpaired) electrons. The molecule has 1 N–H and O–H groups in total. The van der Waals surface area contributed by atoms with Crippen molar-refractivity contribution in [3.05, 3.63) is 23.0 Å². The van der Waals surface area contributed by atoms with Crippen molar-refractivity contribution in [3.8, 4) is 0 Å². The fourth-order valence-corrected chi connectivity index (χ4v) is 3.13. The van der Waals surface area contributed by atoms with Gasteiger partial charge in [0.1, 0.15) is 0 Å². The van der Waals surface area contributed by atoms with E-state index in [1.165, 1.54) is 0 Å². The molecule has 1 amide bonds. The van der Waals surface area contributed by atoms with E-state index in [1.807, 2.05) is 23.9 Å². The van der Waals surface area contributed by atoms with E-state index in [9.17, 15) is 9.90 Å². The van der Waals surface area contributed by atoms with E-state index in [1.54, 1.807) is 11.9 Å². The second kappa shape index (κ2) is 6.19. The number of carbonyl (C=O) groups excluding carboxylic acids is 1. The van der Waals surface area contributed by atoms with Crippen LogP contribution < -0.4 is 0 Å². The molecule has 0 unspecified atom stereocenters. The highest BCUT2D eigenvalue weighted by Crippen LogP contribution is 2.31. The molecule has 1 saturated carbocycles. The van der Waals surface area contributed by atoms with Crippen LogP contribution in [-0.2, 0) is 18.4 Å². The molecule has 112 valence electrons. The number of halogens is 1. The average Bonchev–Trinajstić information content (AvgIpc) is 2.68. The summed E-state index contributed by atoms with van der Waals surface area (Å²) in [5, 5.41) is 11.1. The quantitative estimate of drug-likeness (QED) is 0.929. The number of aromatic nitrogens is 1. The summed E-state index contributed by atoms with van der Waals surface area (Å²) in [4.78, 5) is 13.9. The third kappa shape index (κ3) is 3.76. The summed E-state index contributed by atoms with van der Waals surface area (Å²) in [6, 6.07) is 1.86. The summed E-state index contributed by atoms with van der Waals surface area (Å²) < 4.78 is 1.92. The van der Waals surface area contributed by atoms with E-state index in [4.69, 9.17) is 11.6 Å². The number of aryl methyl sites for hydroxylation is 1. The summed E-state index contributed by atoms with van der Waals surface area (Å²) in [5.74, 6) is -0.00766. The first kappa shape index (κ1) is 15.4. The molecule has 2 rings (SSSR count). The lowest BCUT2D eigenvalue weighted by Gasteiger charge is -2.32. The number of hydrogen-bond donors (Lipinski definition) is 1. The van der Waals surface area contributed by atoms with Crippen LogP contribution in [0.4, 0.5) is 0 Å². The number of rotatable bonds is 4. The van der Waals surface area contributed by atoms with Gasteiger partial charge in [0.15, 0.2) is 0 Å². The smallest absolute Gasteiger partial charge is 0.225 e. The Morgan fingerprint density at radius 1 is 1.45 bits per heavy atom. The zero-order valence-corrected chi connectivity index (χ0v) is 13.0. The van der Waals surface area contributed by atoms with Crippen molar-refractivity contribution in [1.82, 2.24) is 9.47 Å². The summed E-state index contributed by atoms with van der Waals surface area (Å²) in [6.45, 7) is 0.512. The van der Waals surface area contributed by atoms with E-state index >= 15 is 0 Å². The monoisotopic (exact) mass is 298 g/mol. The van der Waals surface area contributed by atoms with Crippen LogP contribution in [0.5, 0.6) is 0 Å². The largest absolute Gasteiger partial charge is 0.389 e. The van der Waals surface area contributed by atoms with Gasteiger partial charge in [-0.3, -0.25) is 4.79 Å². The van der Waals surface area contributed by atoms with Crippen molar-refractivity contribution in [2.75, 3.05) is 7.05 Å². The zero-order valence-electron chi connectivity index (χ0n) is 12.2. The van der Waals surface area contributed by atoms with Gasteiger partial charge in [0.05, 0.1) is 23.6 Å². The van der Waals surface area contributed by atoms with Gasteiger partial charge >= 0.3 is 0 Å². The highest BCUT2D eigenvalue weighted by molar-refractivity contribution is 6.30. The third-order valence-corrected chi connectivity index (χ3v) is 4.37. The second-order valence-corrected chi connectivity index (χ2v) is 6.41. The molecule has 1 aliphatic carbocycles. The van der Waals surface area contributed by atoms with E-state index in [0.29, 0.717) is 11.6 Å². The summed E-state index contributed by atoms with van der Waals surface area (Å²) in [7, 11) is 3.68. The Morgan fingerprint density at radius 3 is 2.65 bits per heavy atom. The van der Waals surface area contributed by atoms with Gasteiger partial charge in [0.2, 0.25) is 5.91 Å². The van der Waals surface area contributed by atoms with Crippen LogP contribution in [0.2, 0.25) is 5.02 Å². The van der Waals surface area contributed by atoms with E-state index in [-0.39, 0.29) is 12.3 Å². The second-order valence-electron chi connectivity index (χ2n) is 5.97. The Labute approximate surface area is 125 Å². The SMILES string of the molecule is CN(Cc1cc(Cl)cn1C)C(=O)CC1(O)CCCCC1. The van der Waals surface area contributed by atoms with Crippen molar-refractivity contribution in [3.63, 3.8) is 0 Å². The minimum absolute atomic E-state index is 0.00766. The van der Waals surface area contributed by atoms with E-state index in [2.05, 4.69) is 0 Å². The van der Waals surface area contributed by atoms with Gasteiger partial charge in [0.25, 0.3) is 0 Å². The van der Waals surface area contributed by atoms with Gasteiger partial charge in [-0.05, 0) is 18.9 Å². The van der Waals surface area contributed by atoms with Crippen molar-refractivity contribution in [2.45, 2.75) is 50.7 Å². The predicted molar refractivity (Wildman–Crippen MR) is 79.5 cm³/mol. The Bertz CT molecular complexity index is 478.